The van der Waals surface area contributed by atoms with Crippen molar-refractivity contribution < 1.29 is 74.7 Å². The molecule has 0 N–H and O–H groups in total. The summed E-state index contributed by atoms with van der Waals surface area (Å²) in [7, 11) is -11.7. The summed E-state index contributed by atoms with van der Waals surface area (Å²) in [6.45, 7) is 10.6. The van der Waals surface area contributed by atoms with Crippen LogP contribution in [0.1, 0.15) is 13.8 Å². The number of hydrogen-bond acceptors (Lipinski definition) is 6. The summed E-state index contributed by atoms with van der Waals surface area (Å²) in [4.78, 5) is 0. The van der Waals surface area contributed by atoms with E-state index < -0.39 is 42.9 Å². The fourth-order valence-electron chi connectivity index (χ4n) is 2.05. The average Bonchev–Trinajstić information content (AvgIpc) is 2.66. The van der Waals surface area contributed by atoms with Crippen LogP contribution in [0.2, 0.25) is 0 Å². The van der Waals surface area contributed by atoms with Crippen molar-refractivity contribution in [2.75, 3.05) is 53.6 Å². The van der Waals surface area contributed by atoms with Gasteiger partial charge in [0.25, 0.3) is 0 Å². The quantitative estimate of drug-likeness (QED) is 0.263. The summed E-state index contributed by atoms with van der Waals surface area (Å²) in [6.07, 6.45) is -14.0. The highest BCUT2D eigenvalue weighted by Crippen LogP contribution is 2.47. The second kappa shape index (κ2) is 12.3. The molecule has 20 heteroatoms. The molecule has 34 heavy (non-hydrogen) atoms. The van der Waals surface area contributed by atoms with Crippen LogP contribution in [0.15, 0.2) is 0 Å². The molecule has 208 valence electrons. The Morgan fingerprint density at radius 3 is 1.09 bits per heavy atom. The van der Waals surface area contributed by atoms with Crippen molar-refractivity contribution in [3.8, 4) is 0 Å². The number of quaternary nitrogens is 1. The summed E-state index contributed by atoms with van der Waals surface area (Å²) in [5, 5.41) is -14.0. The van der Waals surface area contributed by atoms with Crippen molar-refractivity contribution in [1.82, 2.24) is 0 Å². The first-order valence-electron chi connectivity index (χ1n) is 8.90. The van der Waals surface area contributed by atoms with E-state index >= 15 is 0 Å². The zero-order valence-electron chi connectivity index (χ0n) is 18.2. The molecular weight excluding hydrogens is 546 g/mol. The van der Waals surface area contributed by atoms with Gasteiger partial charge in [-0.15, -0.1) is 0 Å². The third-order valence-corrected chi connectivity index (χ3v) is 7.71. The lowest BCUT2D eigenvalue weighted by Crippen LogP contribution is -2.51. The van der Waals surface area contributed by atoms with Gasteiger partial charge in [0, 0.05) is 14.2 Å². The standard InChI is InChI=1S/C10H24NO2.C4F10NO4S2/c1-5-11(6-2,7-9-12-3)8-10-13-4;5-1(6,7)3(11,12)20(16,17)15-21(18,19)4(13,14)2(8,9)10/h5-10H2,1-4H3;/q+1;-1. The fourth-order valence-corrected chi connectivity index (χ4v) is 4.42. The van der Waals surface area contributed by atoms with Gasteiger partial charge in [-0.05, 0) is 13.8 Å². The molecule has 0 aromatic carbocycles. The highest BCUT2D eigenvalue weighted by atomic mass is 32.3. The summed E-state index contributed by atoms with van der Waals surface area (Å²) in [5.74, 6) is 0. The maximum absolute atomic E-state index is 12.3. The first-order chi connectivity index (χ1) is 14.9. The van der Waals surface area contributed by atoms with Crippen LogP contribution in [0.3, 0.4) is 0 Å². The van der Waals surface area contributed by atoms with Crippen molar-refractivity contribution in [2.45, 2.75) is 36.7 Å². The maximum atomic E-state index is 12.3. The lowest BCUT2D eigenvalue weighted by molar-refractivity contribution is -0.925. The minimum atomic E-state index is -7.62. The minimum Gasteiger partial charge on any atom is -0.425 e. The van der Waals surface area contributed by atoms with Crippen LogP contribution in [0.25, 0.3) is 4.13 Å². The second-order valence-corrected chi connectivity index (χ2v) is 9.98. The molecule has 0 saturated heterocycles. The molecule has 0 rings (SSSR count). The van der Waals surface area contributed by atoms with Crippen molar-refractivity contribution in [3.63, 3.8) is 0 Å². The van der Waals surface area contributed by atoms with Gasteiger partial charge in [0.15, 0.2) is 20.0 Å². The van der Waals surface area contributed by atoms with E-state index in [0.717, 1.165) is 43.9 Å². The van der Waals surface area contributed by atoms with E-state index in [1.807, 2.05) is 0 Å². The Kier molecular flexibility index (Phi) is 12.8. The van der Waals surface area contributed by atoms with E-state index in [1.54, 1.807) is 14.2 Å². The van der Waals surface area contributed by atoms with Crippen LogP contribution in [0, 0.1) is 0 Å². The number of methoxy groups -OCH3 is 2. The molecule has 0 bridgehead atoms. The fraction of sp³-hybridized carbons (Fsp3) is 1.00. The monoisotopic (exact) mass is 570 g/mol. The van der Waals surface area contributed by atoms with Crippen LogP contribution >= 0.6 is 0 Å². The van der Waals surface area contributed by atoms with Gasteiger partial charge in [0.05, 0.1) is 26.3 Å². The molecule has 0 aliphatic carbocycles. The van der Waals surface area contributed by atoms with Crippen molar-refractivity contribution in [1.29, 1.82) is 0 Å². The molecule has 0 heterocycles. The SMILES string of the molecule is CC[N+](CC)(CCOC)CCOC.O=S(=O)([N-]S(=O)(=O)C(F)(F)C(F)(F)F)C(F)(F)C(F)(F)F. The smallest absolute Gasteiger partial charge is 0.425 e. The molecular formula is C14H24F10N2O6S2. The Balaban J connectivity index is 0. The minimum absolute atomic E-state index is 0.422. The molecule has 0 aromatic rings. The predicted molar refractivity (Wildman–Crippen MR) is 98.0 cm³/mol. The second-order valence-electron chi connectivity index (χ2n) is 6.46. The normalized spacial score (nSPS) is 14.5. The number of hydrogen-bond donors (Lipinski definition) is 0. The Labute approximate surface area is 189 Å². The third-order valence-electron chi connectivity index (χ3n) is 4.39. The van der Waals surface area contributed by atoms with Gasteiger partial charge in [-0.2, -0.15) is 43.9 Å². The molecule has 0 spiro atoms. The van der Waals surface area contributed by atoms with E-state index in [2.05, 4.69) is 13.8 Å². The first kappa shape index (κ1) is 35.2. The maximum Gasteiger partial charge on any atom is 0.467 e. The highest BCUT2D eigenvalue weighted by Gasteiger charge is 2.68. The molecule has 0 saturated carbocycles. The van der Waals surface area contributed by atoms with E-state index in [4.69, 9.17) is 9.47 Å². The van der Waals surface area contributed by atoms with Gasteiger partial charge in [-0.3, -0.25) is 0 Å². The molecule has 0 amide bonds. The van der Waals surface area contributed by atoms with E-state index in [0.29, 0.717) is 4.13 Å². The van der Waals surface area contributed by atoms with Crippen molar-refractivity contribution in [3.05, 3.63) is 4.13 Å². The van der Waals surface area contributed by atoms with Crippen molar-refractivity contribution >= 4 is 20.0 Å². The van der Waals surface area contributed by atoms with Crippen LogP contribution < -0.4 is 0 Å². The number of rotatable bonds is 12. The number of alkyl halides is 10. The summed E-state index contributed by atoms with van der Waals surface area (Å²) in [6, 6.07) is 0. The largest absolute Gasteiger partial charge is 0.467 e. The van der Waals surface area contributed by atoms with E-state index in [-0.39, 0.29) is 0 Å². The topological polar surface area (TPSA) is 101 Å². The molecule has 0 aromatic heterocycles. The number of halogens is 10. The van der Waals surface area contributed by atoms with Gasteiger partial charge in [-0.1, -0.05) is 0 Å². The summed E-state index contributed by atoms with van der Waals surface area (Å²) < 4.78 is 172. The van der Waals surface area contributed by atoms with Gasteiger partial charge in [0.2, 0.25) is 0 Å². The average molecular weight is 570 g/mol. The van der Waals surface area contributed by atoms with E-state index in [9.17, 15) is 60.7 Å². The summed E-state index contributed by atoms with van der Waals surface area (Å²) in [5.41, 5.74) is 0. The van der Waals surface area contributed by atoms with Crippen LogP contribution in [-0.4, -0.2) is 97.8 Å². The van der Waals surface area contributed by atoms with Gasteiger partial charge < -0.3 is 18.1 Å². The molecule has 8 nitrogen and oxygen atoms in total. The van der Waals surface area contributed by atoms with Crippen LogP contribution in [-0.2, 0) is 29.5 Å². The van der Waals surface area contributed by atoms with Crippen LogP contribution in [0.4, 0.5) is 43.9 Å². The number of likely N-dealkylation sites (N-methyl/N-ethyl adjacent to an activating group) is 1. The first-order valence-corrected chi connectivity index (χ1v) is 11.8. The third kappa shape index (κ3) is 8.61. The zero-order valence-corrected chi connectivity index (χ0v) is 19.8. The predicted octanol–water partition coefficient (Wildman–Crippen LogP) is 3.47. The Bertz CT molecular complexity index is 761. The number of sulfonamides is 2. The molecule has 0 aliphatic heterocycles. The number of nitrogens with zero attached hydrogens (tertiary/aromatic N) is 2. The van der Waals surface area contributed by atoms with Gasteiger partial charge >= 0.3 is 22.9 Å². The lowest BCUT2D eigenvalue weighted by atomic mass is 10.3. The zero-order chi connectivity index (χ0) is 27.9. The van der Waals surface area contributed by atoms with Gasteiger partial charge in [-0.25, -0.2) is 16.8 Å². The number of ether oxygens (including phenoxy) is 2. The molecule has 0 atom stereocenters. The van der Waals surface area contributed by atoms with Gasteiger partial charge in [0.1, 0.15) is 13.1 Å². The lowest BCUT2D eigenvalue weighted by Gasteiger charge is -2.36. The van der Waals surface area contributed by atoms with E-state index in [1.165, 1.54) is 0 Å². The van der Waals surface area contributed by atoms with Crippen molar-refractivity contribution in [2.24, 2.45) is 0 Å². The Morgan fingerprint density at radius 2 is 0.912 bits per heavy atom. The molecule has 0 aliphatic rings. The molecule has 0 unspecified atom stereocenters. The Hall–Kier alpha value is -0.960. The molecule has 0 radical (unpaired) electrons. The summed E-state index contributed by atoms with van der Waals surface area (Å²) >= 11 is 0. The highest BCUT2D eigenvalue weighted by molar-refractivity contribution is 8.13. The Morgan fingerprint density at radius 1 is 0.647 bits per heavy atom. The molecule has 0 fully saturated rings. The van der Waals surface area contributed by atoms with Crippen LogP contribution in [0.5, 0.6) is 0 Å².